The van der Waals surface area contributed by atoms with E-state index in [0.29, 0.717) is 11.1 Å². The highest BCUT2D eigenvalue weighted by molar-refractivity contribution is 5.96. The van der Waals surface area contributed by atoms with E-state index in [1.165, 1.54) is 17.0 Å². The predicted molar refractivity (Wildman–Crippen MR) is 106 cm³/mol. The number of aromatic nitrogens is 2. The first-order chi connectivity index (χ1) is 14.8. The highest BCUT2D eigenvalue weighted by atomic mass is 19.4. The first-order valence-electron chi connectivity index (χ1n) is 9.49. The summed E-state index contributed by atoms with van der Waals surface area (Å²) in [7, 11) is 0. The van der Waals surface area contributed by atoms with E-state index in [2.05, 4.69) is 5.10 Å². The van der Waals surface area contributed by atoms with Gasteiger partial charge in [-0.15, -0.1) is 0 Å². The molecule has 6 nitrogen and oxygen atoms in total. The van der Waals surface area contributed by atoms with Gasteiger partial charge in [0, 0.05) is 24.5 Å². The van der Waals surface area contributed by atoms with Crippen molar-refractivity contribution in [3.05, 3.63) is 83.7 Å². The average molecular weight is 431 g/mol. The molecule has 0 fully saturated rings. The van der Waals surface area contributed by atoms with Gasteiger partial charge in [0.2, 0.25) is 0 Å². The fraction of sp³-hybridized carbons (Fsp3) is 0.227. The molecule has 1 amide bonds. The summed E-state index contributed by atoms with van der Waals surface area (Å²) in [5.41, 5.74) is 0.751. The third-order valence-electron chi connectivity index (χ3n) is 4.45. The molecule has 2 aromatic carbocycles. The largest absolute Gasteiger partial charge is 0.465 e. The van der Waals surface area contributed by atoms with E-state index in [-0.39, 0.29) is 19.7 Å². The van der Waals surface area contributed by atoms with Crippen LogP contribution >= 0.6 is 0 Å². The Labute approximate surface area is 176 Å². The van der Waals surface area contributed by atoms with E-state index >= 15 is 0 Å². The van der Waals surface area contributed by atoms with E-state index in [1.807, 2.05) is 0 Å². The molecule has 0 aliphatic rings. The lowest BCUT2D eigenvalue weighted by Gasteiger charge is -2.22. The van der Waals surface area contributed by atoms with Crippen LogP contribution in [0.2, 0.25) is 0 Å². The van der Waals surface area contributed by atoms with Gasteiger partial charge in [0.1, 0.15) is 6.54 Å². The zero-order valence-electron chi connectivity index (χ0n) is 16.7. The molecule has 0 radical (unpaired) electrons. The molecule has 1 aromatic heterocycles. The smallest absolute Gasteiger partial charge is 0.416 e. The minimum absolute atomic E-state index is 0.0449. The highest BCUT2D eigenvalue weighted by Crippen LogP contribution is 2.29. The fourth-order valence-electron chi connectivity index (χ4n) is 2.94. The second-order valence-corrected chi connectivity index (χ2v) is 6.66. The minimum atomic E-state index is -4.45. The number of benzene rings is 2. The standard InChI is InChI=1S/C22H20F3N3O3/c1-2-31-20(29)15-27(14-16-4-8-18(9-5-16)22(23,24)25)21(30)17-6-10-19(11-7-17)28-13-3-12-26-28/h3-13H,2,14-15H2,1H3. The maximum absolute atomic E-state index is 13.0. The summed E-state index contributed by atoms with van der Waals surface area (Å²) in [4.78, 5) is 26.3. The zero-order valence-corrected chi connectivity index (χ0v) is 16.7. The minimum Gasteiger partial charge on any atom is -0.465 e. The monoisotopic (exact) mass is 431 g/mol. The Morgan fingerprint density at radius 1 is 1.06 bits per heavy atom. The van der Waals surface area contributed by atoms with Gasteiger partial charge in [-0.05, 0) is 55.0 Å². The molecule has 3 aromatic rings. The van der Waals surface area contributed by atoms with E-state index in [4.69, 9.17) is 4.74 Å². The molecular weight excluding hydrogens is 411 g/mol. The van der Waals surface area contributed by atoms with Crippen LogP contribution in [0.25, 0.3) is 5.69 Å². The predicted octanol–water partition coefficient (Wildman–Crippen LogP) is 4.10. The Hall–Kier alpha value is -3.62. The summed E-state index contributed by atoms with van der Waals surface area (Å²) in [5.74, 6) is -1.05. The Morgan fingerprint density at radius 2 is 1.74 bits per heavy atom. The van der Waals surface area contributed by atoms with Crippen LogP contribution in [0.1, 0.15) is 28.4 Å². The molecule has 0 spiro atoms. The molecule has 9 heteroatoms. The highest BCUT2D eigenvalue weighted by Gasteiger charge is 2.30. The number of nitrogens with zero attached hydrogens (tertiary/aromatic N) is 3. The first-order valence-corrected chi connectivity index (χ1v) is 9.49. The number of hydrogen-bond acceptors (Lipinski definition) is 4. The van der Waals surface area contributed by atoms with Crippen molar-refractivity contribution < 1.29 is 27.5 Å². The molecule has 0 unspecified atom stereocenters. The summed E-state index contributed by atoms with van der Waals surface area (Å²) < 4.78 is 44.9. The number of carbonyl (C=O) groups is 2. The molecule has 162 valence electrons. The van der Waals surface area contributed by atoms with Crippen LogP contribution in [0.3, 0.4) is 0 Å². The number of alkyl halides is 3. The van der Waals surface area contributed by atoms with Crippen LogP contribution < -0.4 is 0 Å². The molecule has 0 aliphatic carbocycles. The van der Waals surface area contributed by atoms with Crippen LogP contribution in [-0.2, 0) is 22.3 Å². The van der Waals surface area contributed by atoms with Gasteiger partial charge in [0.05, 0.1) is 17.9 Å². The molecular formula is C22H20F3N3O3. The zero-order chi connectivity index (χ0) is 22.4. The summed E-state index contributed by atoms with van der Waals surface area (Å²) >= 11 is 0. The van der Waals surface area contributed by atoms with Crippen molar-refractivity contribution in [3.8, 4) is 5.69 Å². The topological polar surface area (TPSA) is 64.4 Å². The molecule has 0 atom stereocenters. The van der Waals surface area contributed by atoms with E-state index in [0.717, 1.165) is 17.8 Å². The number of esters is 1. The maximum Gasteiger partial charge on any atom is 0.416 e. The van der Waals surface area contributed by atoms with Crippen LogP contribution in [0.5, 0.6) is 0 Å². The number of hydrogen-bond donors (Lipinski definition) is 0. The molecule has 0 aliphatic heterocycles. The van der Waals surface area contributed by atoms with Gasteiger partial charge < -0.3 is 9.64 Å². The van der Waals surface area contributed by atoms with E-state index in [1.54, 1.807) is 54.3 Å². The van der Waals surface area contributed by atoms with Gasteiger partial charge in [-0.3, -0.25) is 9.59 Å². The molecule has 0 bridgehead atoms. The van der Waals surface area contributed by atoms with Gasteiger partial charge in [-0.2, -0.15) is 18.3 Å². The molecule has 3 rings (SSSR count). The summed E-state index contributed by atoms with van der Waals surface area (Å²) in [6.07, 6.45) is -1.06. The quantitative estimate of drug-likeness (QED) is 0.529. The summed E-state index contributed by atoms with van der Waals surface area (Å²) in [6, 6.07) is 12.9. The van der Waals surface area contributed by atoms with Gasteiger partial charge in [0.15, 0.2) is 0 Å². The second kappa shape index (κ2) is 9.46. The lowest BCUT2D eigenvalue weighted by atomic mass is 10.1. The lowest BCUT2D eigenvalue weighted by Crippen LogP contribution is -2.36. The van der Waals surface area contributed by atoms with Gasteiger partial charge in [0.25, 0.3) is 5.91 Å². The second-order valence-electron chi connectivity index (χ2n) is 6.66. The molecule has 0 N–H and O–H groups in total. The van der Waals surface area contributed by atoms with Crippen molar-refractivity contribution in [2.24, 2.45) is 0 Å². The third kappa shape index (κ3) is 5.71. The normalized spacial score (nSPS) is 11.2. The van der Waals surface area contributed by atoms with Gasteiger partial charge in [-0.1, -0.05) is 12.1 Å². The van der Waals surface area contributed by atoms with E-state index in [9.17, 15) is 22.8 Å². The maximum atomic E-state index is 13.0. The average Bonchev–Trinajstić information content (AvgIpc) is 3.28. The first kappa shape index (κ1) is 22.1. The Kier molecular flexibility index (Phi) is 6.74. The van der Waals surface area contributed by atoms with Gasteiger partial charge >= 0.3 is 12.1 Å². The van der Waals surface area contributed by atoms with Crippen molar-refractivity contribution in [1.82, 2.24) is 14.7 Å². The molecule has 1 heterocycles. The summed E-state index contributed by atoms with van der Waals surface area (Å²) in [6.45, 7) is 1.43. The Balaban J connectivity index is 1.80. The number of rotatable bonds is 7. The summed E-state index contributed by atoms with van der Waals surface area (Å²) in [5, 5.41) is 4.12. The molecule has 31 heavy (non-hydrogen) atoms. The number of halogens is 3. The van der Waals surface area contributed by atoms with Crippen molar-refractivity contribution in [1.29, 1.82) is 0 Å². The van der Waals surface area contributed by atoms with Crippen molar-refractivity contribution in [2.45, 2.75) is 19.6 Å². The molecule has 0 saturated carbocycles. The van der Waals surface area contributed by atoms with Crippen molar-refractivity contribution >= 4 is 11.9 Å². The third-order valence-corrected chi connectivity index (χ3v) is 4.45. The van der Waals surface area contributed by atoms with Gasteiger partial charge in [-0.25, -0.2) is 4.68 Å². The Morgan fingerprint density at radius 3 is 2.29 bits per heavy atom. The number of carbonyl (C=O) groups excluding carboxylic acids is 2. The number of amides is 1. The van der Waals surface area contributed by atoms with Crippen LogP contribution in [-0.4, -0.2) is 39.7 Å². The van der Waals surface area contributed by atoms with Crippen LogP contribution in [0, 0.1) is 0 Å². The SMILES string of the molecule is CCOC(=O)CN(Cc1ccc(C(F)(F)F)cc1)C(=O)c1ccc(-n2cccn2)cc1. The van der Waals surface area contributed by atoms with Crippen LogP contribution in [0.4, 0.5) is 13.2 Å². The molecule has 0 saturated heterocycles. The number of ether oxygens (including phenoxy) is 1. The van der Waals surface area contributed by atoms with Crippen molar-refractivity contribution in [2.75, 3.05) is 13.2 Å². The van der Waals surface area contributed by atoms with E-state index < -0.39 is 23.6 Å². The van der Waals surface area contributed by atoms with Crippen LogP contribution in [0.15, 0.2) is 67.0 Å². The Bertz CT molecular complexity index is 1010. The lowest BCUT2D eigenvalue weighted by molar-refractivity contribution is -0.144. The van der Waals surface area contributed by atoms with Crippen molar-refractivity contribution in [3.63, 3.8) is 0 Å². The fourth-order valence-corrected chi connectivity index (χ4v) is 2.94.